The Balaban J connectivity index is 1.54. The lowest BCUT2D eigenvalue weighted by Crippen LogP contribution is -2.49. The fourth-order valence-electron chi connectivity index (χ4n) is 3.99. The number of halogens is 1. The number of piperazine rings is 1. The zero-order chi connectivity index (χ0) is 24.2. The number of hydrogen-bond donors (Lipinski definition) is 3. The quantitative estimate of drug-likeness (QED) is 0.457. The molecule has 0 spiro atoms. The van der Waals surface area contributed by atoms with Crippen molar-refractivity contribution < 1.29 is 19.0 Å². The van der Waals surface area contributed by atoms with Crippen molar-refractivity contribution in [2.75, 3.05) is 39.0 Å². The highest BCUT2D eigenvalue weighted by Crippen LogP contribution is 2.32. The molecule has 1 aromatic heterocycles. The van der Waals surface area contributed by atoms with Gasteiger partial charge in [0.15, 0.2) is 5.78 Å². The molecule has 1 unspecified atom stereocenters. The Hall–Kier alpha value is -3.56. The Labute approximate surface area is 197 Å². The molecular formula is C25H28FN5O3. The van der Waals surface area contributed by atoms with E-state index in [1.807, 2.05) is 0 Å². The van der Waals surface area contributed by atoms with E-state index in [1.165, 1.54) is 30.3 Å². The topological polar surface area (TPSA) is 114 Å². The molecule has 0 saturated carbocycles. The summed E-state index contributed by atoms with van der Waals surface area (Å²) >= 11 is 0. The molecule has 34 heavy (non-hydrogen) atoms. The lowest BCUT2D eigenvalue weighted by molar-refractivity contribution is 0.103. The third-order valence-electron chi connectivity index (χ3n) is 5.80. The third kappa shape index (κ3) is 5.49. The number of aromatic hydroxyl groups is 1. The standard InChI is InChI=1S/C25H28FN5O3/c1-15-3-5-18(20(26)11-15)24(33)16-4-6-22(32)19(12-16)21-13-23(30-25(27)29-21)34-10-7-17-14-31(2)9-8-28-17/h3-6,11-13,17,28,32H,7-10,14H2,1-2H3,(H2,27,29,30). The van der Waals surface area contributed by atoms with Crippen molar-refractivity contribution in [2.45, 2.75) is 19.4 Å². The zero-order valence-electron chi connectivity index (χ0n) is 19.2. The van der Waals surface area contributed by atoms with Crippen molar-refractivity contribution in [2.24, 2.45) is 0 Å². The number of ether oxygens (including phenoxy) is 1. The summed E-state index contributed by atoms with van der Waals surface area (Å²) in [4.78, 5) is 23.5. The number of aryl methyl sites for hydroxylation is 1. The van der Waals surface area contributed by atoms with Gasteiger partial charge in [0.05, 0.1) is 17.9 Å². The molecule has 0 amide bonds. The molecule has 0 bridgehead atoms. The van der Waals surface area contributed by atoms with E-state index in [2.05, 4.69) is 27.2 Å². The first-order chi connectivity index (χ1) is 16.3. The first kappa shape index (κ1) is 23.6. The summed E-state index contributed by atoms with van der Waals surface area (Å²) in [5.41, 5.74) is 7.34. The van der Waals surface area contributed by atoms with Gasteiger partial charge in [-0.2, -0.15) is 4.98 Å². The Bertz CT molecular complexity index is 1200. The van der Waals surface area contributed by atoms with Gasteiger partial charge in [-0.25, -0.2) is 9.37 Å². The summed E-state index contributed by atoms with van der Waals surface area (Å²) in [6.45, 7) is 5.08. The maximum Gasteiger partial charge on any atom is 0.223 e. The summed E-state index contributed by atoms with van der Waals surface area (Å²) in [5, 5.41) is 13.9. The lowest BCUT2D eigenvalue weighted by atomic mass is 9.98. The van der Waals surface area contributed by atoms with Gasteiger partial charge < -0.3 is 25.8 Å². The van der Waals surface area contributed by atoms with E-state index in [4.69, 9.17) is 10.5 Å². The minimum atomic E-state index is -0.597. The van der Waals surface area contributed by atoms with Crippen molar-refractivity contribution in [3.63, 3.8) is 0 Å². The van der Waals surface area contributed by atoms with Crippen LogP contribution in [0.15, 0.2) is 42.5 Å². The van der Waals surface area contributed by atoms with Crippen LogP contribution in [-0.4, -0.2) is 65.1 Å². The minimum absolute atomic E-state index is 0.0243. The largest absolute Gasteiger partial charge is 0.507 e. The summed E-state index contributed by atoms with van der Waals surface area (Å²) in [7, 11) is 2.09. The van der Waals surface area contributed by atoms with Gasteiger partial charge in [-0.3, -0.25) is 4.79 Å². The molecule has 1 aliphatic heterocycles. The van der Waals surface area contributed by atoms with Gasteiger partial charge in [0, 0.05) is 42.9 Å². The highest BCUT2D eigenvalue weighted by molar-refractivity contribution is 6.10. The van der Waals surface area contributed by atoms with Crippen LogP contribution in [-0.2, 0) is 0 Å². The molecule has 2 heterocycles. The Kier molecular flexibility index (Phi) is 7.04. The van der Waals surface area contributed by atoms with Gasteiger partial charge in [0.25, 0.3) is 0 Å². The summed E-state index contributed by atoms with van der Waals surface area (Å²) in [5.74, 6) is -0.946. The highest BCUT2D eigenvalue weighted by Gasteiger charge is 2.19. The van der Waals surface area contributed by atoms with E-state index in [-0.39, 0.29) is 34.3 Å². The van der Waals surface area contributed by atoms with E-state index in [0.717, 1.165) is 31.6 Å². The second-order valence-electron chi connectivity index (χ2n) is 8.54. The molecule has 1 atom stereocenters. The number of hydrogen-bond acceptors (Lipinski definition) is 8. The van der Waals surface area contributed by atoms with Gasteiger partial charge in [-0.1, -0.05) is 6.07 Å². The zero-order valence-corrected chi connectivity index (χ0v) is 19.2. The third-order valence-corrected chi connectivity index (χ3v) is 5.80. The number of phenolic OH excluding ortho intramolecular Hbond substituents is 1. The van der Waals surface area contributed by atoms with Crippen LogP contribution < -0.4 is 15.8 Å². The summed E-state index contributed by atoms with van der Waals surface area (Å²) < 4.78 is 20.2. The van der Waals surface area contributed by atoms with Gasteiger partial charge in [-0.15, -0.1) is 0 Å². The number of nitrogens with two attached hydrogens (primary N) is 1. The molecule has 9 heteroatoms. The van der Waals surface area contributed by atoms with Crippen LogP contribution in [0.1, 0.15) is 27.9 Å². The monoisotopic (exact) mass is 465 g/mol. The number of likely N-dealkylation sites (N-methyl/N-ethyl adjacent to an activating group) is 1. The maximum absolute atomic E-state index is 14.3. The van der Waals surface area contributed by atoms with Gasteiger partial charge in [0.2, 0.25) is 11.8 Å². The fourth-order valence-corrected chi connectivity index (χ4v) is 3.99. The molecule has 1 aliphatic rings. The maximum atomic E-state index is 14.3. The number of rotatable bonds is 7. The molecule has 0 aliphatic carbocycles. The normalized spacial score (nSPS) is 16.4. The predicted molar refractivity (Wildman–Crippen MR) is 128 cm³/mol. The number of nitrogen functional groups attached to an aromatic ring is 1. The van der Waals surface area contributed by atoms with Crippen LogP contribution in [0.5, 0.6) is 11.6 Å². The molecule has 178 valence electrons. The van der Waals surface area contributed by atoms with Crippen LogP contribution >= 0.6 is 0 Å². The molecule has 2 aromatic carbocycles. The molecule has 0 radical (unpaired) electrons. The van der Waals surface area contributed by atoms with Crippen LogP contribution in [0.4, 0.5) is 10.3 Å². The number of carbonyl (C=O) groups is 1. The van der Waals surface area contributed by atoms with Crippen molar-refractivity contribution in [1.29, 1.82) is 0 Å². The van der Waals surface area contributed by atoms with Gasteiger partial charge in [0.1, 0.15) is 11.6 Å². The summed E-state index contributed by atoms with van der Waals surface area (Å²) in [6, 6.07) is 10.6. The molecule has 4 N–H and O–H groups in total. The lowest BCUT2D eigenvalue weighted by Gasteiger charge is -2.30. The number of aromatic nitrogens is 2. The number of ketones is 1. The van der Waals surface area contributed by atoms with Crippen molar-refractivity contribution >= 4 is 11.7 Å². The van der Waals surface area contributed by atoms with E-state index < -0.39 is 11.6 Å². The second-order valence-corrected chi connectivity index (χ2v) is 8.54. The van der Waals surface area contributed by atoms with Crippen LogP contribution in [0.2, 0.25) is 0 Å². The number of nitrogens with one attached hydrogen (secondary N) is 1. The molecule has 1 fully saturated rings. The molecule has 8 nitrogen and oxygen atoms in total. The molecular weight excluding hydrogens is 437 g/mol. The van der Waals surface area contributed by atoms with E-state index in [9.17, 15) is 14.3 Å². The smallest absolute Gasteiger partial charge is 0.223 e. The second kappa shape index (κ2) is 10.1. The summed E-state index contributed by atoms with van der Waals surface area (Å²) in [6.07, 6.45) is 0.793. The van der Waals surface area contributed by atoms with Crippen molar-refractivity contribution in [3.8, 4) is 22.9 Å². The first-order valence-electron chi connectivity index (χ1n) is 11.1. The highest BCUT2D eigenvalue weighted by atomic mass is 19.1. The SMILES string of the molecule is Cc1ccc(C(=O)c2ccc(O)c(-c3cc(OCCC4CN(C)CCN4)nc(N)n3)c2)c(F)c1. The average Bonchev–Trinajstić information content (AvgIpc) is 2.79. The number of benzene rings is 2. The van der Waals surface area contributed by atoms with E-state index >= 15 is 0 Å². The number of anilines is 1. The van der Waals surface area contributed by atoms with Gasteiger partial charge in [-0.05, 0) is 56.3 Å². The van der Waals surface area contributed by atoms with Crippen molar-refractivity contribution in [3.05, 3.63) is 65.0 Å². The van der Waals surface area contributed by atoms with E-state index in [1.54, 1.807) is 19.1 Å². The van der Waals surface area contributed by atoms with Crippen LogP contribution in [0.25, 0.3) is 11.3 Å². The average molecular weight is 466 g/mol. The van der Waals surface area contributed by atoms with Crippen LogP contribution in [0.3, 0.4) is 0 Å². The number of carbonyl (C=O) groups excluding carboxylic acids is 1. The molecule has 3 aromatic rings. The molecule has 4 rings (SSSR count). The fraction of sp³-hybridized carbons (Fsp3) is 0.320. The first-order valence-corrected chi connectivity index (χ1v) is 11.1. The Morgan fingerprint density at radius 3 is 2.85 bits per heavy atom. The van der Waals surface area contributed by atoms with Crippen molar-refractivity contribution in [1.82, 2.24) is 20.2 Å². The number of nitrogens with zero attached hydrogens (tertiary/aromatic N) is 3. The van der Waals surface area contributed by atoms with E-state index in [0.29, 0.717) is 18.3 Å². The van der Waals surface area contributed by atoms with Gasteiger partial charge >= 0.3 is 0 Å². The Morgan fingerprint density at radius 1 is 1.26 bits per heavy atom. The van der Waals surface area contributed by atoms with Crippen LogP contribution in [0, 0.1) is 12.7 Å². The predicted octanol–water partition coefficient (Wildman–Crippen LogP) is 2.78. The number of phenols is 1. The Morgan fingerprint density at radius 2 is 2.09 bits per heavy atom. The molecule has 1 saturated heterocycles. The minimum Gasteiger partial charge on any atom is -0.507 e.